The lowest BCUT2D eigenvalue weighted by Gasteiger charge is -2.48. The Bertz CT molecular complexity index is 1050. The average Bonchev–Trinajstić information content (AvgIpc) is 3.53. The molecule has 1 spiro atoms. The molecule has 2 fully saturated rings. The van der Waals surface area contributed by atoms with Crippen molar-refractivity contribution in [2.75, 3.05) is 50.4 Å². The van der Waals surface area contributed by atoms with Crippen LogP contribution in [0.15, 0.2) is 30.0 Å². The normalized spacial score (nSPS) is 22.9. The van der Waals surface area contributed by atoms with Crippen molar-refractivity contribution in [2.24, 2.45) is 0 Å². The molecule has 1 atom stereocenters. The third-order valence-corrected chi connectivity index (χ3v) is 14.7. The SMILES string of the molecule is CCCSC(SCCC)N1C(=O)C(SCCC)(SCCC)C2(c3ccc(OC)c(OC)c3)CCC3(C=C12)OCCO3. The highest BCUT2D eigenvalue weighted by Gasteiger charge is 2.71. The number of ether oxygens (including phenoxy) is 4. The van der Waals surface area contributed by atoms with E-state index in [1.165, 1.54) is 0 Å². The van der Waals surface area contributed by atoms with E-state index in [1.807, 2.05) is 53.1 Å². The molecule has 1 unspecified atom stereocenters. The van der Waals surface area contributed by atoms with Crippen LogP contribution in [-0.2, 0) is 19.7 Å². The van der Waals surface area contributed by atoms with Crippen LogP contribution in [0.25, 0.3) is 0 Å². The number of amides is 1. The molecule has 1 aromatic rings. The standard InChI is InChI=1S/C31H47NO5S4/c1-7-17-38-28(39-18-8-2)32-26-22-29(36-15-16-37-29)13-14-30(26,23-11-12-24(34-5)25(21-23)35-6)31(27(32)33,40-19-9-3)41-20-10-4/h11-12,21-22,28H,7-10,13-20H2,1-6H3. The van der Waals surface area contributed by atoms with Crippen molar-refractivity contribution in [3.63, 3.8) is 0 Å². The molecular formula is C31H47NO5S4. The number of hydrogen-bond acceptors (Lipinski definition) is 9. The van der Waals surface area contributed by atoms with Crippen LogP contribution in [0, 0.1) is 0 Å². The van der Waals surface area contributed by atoms with Crippen LogP contribution < -0.4 is 9.47 Å². The van der Waals surface area contributed by atoms with E-state index < -0.39 is 15.3 Å². The number of carbonyl (C=O) groups excluding carboxylic acids is 1. The zero-order chi connectivity index (χ0) is 29.5. The molecule has 2 aliphatic heterocycles. The number of methoxy groups -OCH3 is 2. The van der Waals surface area contributed by atoms with Crippen molar-refractivity contribution in [2.45, 2.75) is 86.2 Å². The molecule has 10 heteroatoms. The number of benzene rings is 1. The van der Waals surface area contributed by atoms with Gasteiger partial charge in [-0.1, -0.05) is 33.8 Å². The van der Waals surface area contributed by atoms with Gasteiger partial charge in [0.1, 0.15) is 4.71 Å². The molecule has 2 heterocycles. The van der Waals surface area contributed by atoms with Gasteiger partial charge in [0.2, 0.25) is 0 Å². The van der Waals surface area contributed by atoms with E-state index in [0.29, 0.717) is 31.1 Å². The van der Waals surface area contributed by atoms with E-state index in [2.05, 4.69) is 50.8 Å². The zero-order valence-electron chi connectivity index (χ0n) is 25.5. The summed E-state index contributed by atoms with van der Waals surface area (Å²) >= 11 is 7.46. The molecule has 1 aliphatic carbocycles. The van der Waals surface area contributed by atoms with Crippen molar-refractivity contribution in [3.05, 3.63) is 35.5 Å². The van der Waals surface area contributed by atoms with Gasteiger partial charge in [0.25, 0.3) is 5.91 Å². The number of carbonyl (C=O) groups is 1. The highest BCUT2D eigenvalue weighted by atomic mass is 32.2. The highest BCUT2D eigenvalue weighted by Crippen LogP contribution is 2.67. The van der Waals surface area contributed by atoms with Gasteiger partial charge in [0.05, 0.1) is 32.8 Å². The van der Waals surface area contributed by atoms with Crippen molar-refractivity contribution in [1.82, 2.24) is 4.90 Å². The van der Waals surface area contributed by atoms with Crippen LogP contribution in [0.5, 0.6) is 11.5 Å². The Balaban J connectivity index is 2.03. The Morgan fingerprint density at radius 2 is 1.44 bits per heavy atom. The second-order valence-electron chi connectivity index (χ2n) is 10.6. The Morgan fingerprint density at radius 1 is 0.854 bits per heavy atom. The summed E-state index contributed by atoms with van der Waals surface area (Å²) in [7, 11) is 3.35. The van der Waals surface area contributed by atoms with Crippen molar-refractivity contribution in [3.8, 4) is 11.5 Å². The summed E-state index contributed by atoms with van der Waals surface area (Å²) in [6, 6.07) is 6.26. The van der Waals surface area contributed by atoms with Crippen LogP contribution in [0.2, 0.25) is 0 Å². The first-order chi connectivity index (χ1) is 19.9. The minimum Gasteiger partial charge on any atom is -0.493 e. The Morgan fingerprint density at radius 3 is 1.98 bits per heavy atom. The quantitative estimate of drug-likeness (QED) is 0.169. The lowest BCUT2D eigenvalue weighted by atomic mass is 9.68. The van der Waals surface area contributed by atoms with Gasteiger partial charge in [-0.15, -0.1) is 47.0 Å². The molecule has 6 nitrogen and oxygen atoms in total. The van der Waals surface area contributed by atoms with Crippen LogP contribution >= 0.6 is 47.0 Å². The van der Waals surface area contributed by atoms with Crippen molar-refractivity contribution in [1.29, 1.82) is 0 Å². The van der Waals surface area contributed by atoms with Gasteiger partial charge in [-0.3, -0.25) is 9.69 Å². The van der Waals surface area contributed by atoms with Crippen LogP contribution in [0.1, 0.15) is 71.8 Å². The van der Waals surface area contributed by atoms with E-state index in [-0.39, 0.29) is 10.6 Å². The molecular weight excluding hydrogens is 595 g/mol. The summed E-state index contributed by atoms with van der Waals surface area (Å²) in [5, 5.41) is 0. The summed E-state index contributed by atoms with van der Waals surface area (Å²) in [4.78, 5) is 17.5. The van der Waals surface area contributed by atoms with Crippen molar-refractivity contribution < 1.29 is 23.7 Å². The molecule has 0 radical (unpaired) electrons. The van der Waals surface area contributed by atoms with Gasteiger partial charge in [0, 0.05) is 12.1 Å². The number of fused-ring (bicyclic) bond motifs is 1. The minimum atomic E-state index is -0.787. The second kappa shape index (κ2) is 14.9. The first kappa shape index (κ1) is 33.2. The van der Waals surface area contributed by atoms with E-state index in [9.17, 15) is 0 Å². The molecule has 0 aromatic heterocycles. The predicted octanol–water partition coefficient (Wildman–Crippen LogP) is 7.76. The molecule has 3 aliphatic rings. The third-order valence-electron chi connectivity index (χ3n) is 7.78. The molecule has 1 aromatic carbocycles. The zero-order valence-corrected chi connectivity index (χ0v) is 28.8. The molecule has 0 bridgehead atoms. The fourth-order valence-electron chi connectivity index (χ4n) is 5.98. The van der Waals surface area contributed by atoms with Gasteiger partial charge < -0.3 is 18.9 Å². The molecule has 41 heavy (non-hydrogen) atoms. The minimum absolute atomic E-state index is 0.0175. The van der Waals surface area contributed by atoms with Gasteiger partial charge in [-0.05, 0) is 78.9 Å². The fraction of sp³-hybridized carbons (Fsp3) is 0.710. The van der Waals surface area contributed by atoms with Gasteiger partial charge in [-0.25, -0.2) is 0 Å². The molecule has 4 rings (SSSR count). The monoisotopic (exact) mass is 641 g/mol. The highest BCUT2D eigenvalue weighted by molar-refractivity contribution is 8.19. The number of allylic oxidation sites excluding steroid dienone is 1. The maximum absolute atomic E-state index is 15.3. The number of hydrogen-bond donors (Lipinski definition) is 0. The smallest absolute Gasteiger partial charge is 0.256 e. The maximum Gasteiger partial charge on any atom is 0.256 e. The van der Waals surface area contributed by atoms with Gasteiger partial charge in [-0.2, -0.15) is 0 Å². The summed E-state index contributed by atoms with van der Waals surface area (Å²) in [6.45, 7) is 9.97. The van der Waals surface area contributed by atoms with Gasteiger partial charge in [0.15, 0.2) is 21.4 Å². The summed E-state index contributed by atoms with van der Waals surface area (Å²) in [5.74, 6) is 4.61. The van der Waals surface area contributed by atoms with E-state index >= 15 is 4.79 Å². The van der Waals surface area contributed by atoms with E-state index in [0.717, 1.165) is 66.4 Å². The summed E-state index contributed by atoms with van der Waals surface area (Å²) in [6.07, 6.45) is 7.75. The second-order valence-corrected chi connectivity index (χ2v) is 16.1. The largest absolute Gasteiger partial charge is 0.493 e. The van der Waals surface area contributed by atoms with Crippen LogP contribution in [0.4, 0.5) is 0 Å². The molecule has 1 amide bonds. The molecule has 0 N–H and O–H groups in total. The first-order valence-electron chi connectivity index (χ1n) is 15.0. The molecule has 2 saturated heterocycles. The average molecular weight is 642 g/mol. The van der Waals surface area contributed by atoms with E-state index in [1.54, 1.807) is 14.2 Å². The third kappa shape index (κ3) is 6.17. The number of likely N-dealkylation sites (tertiary alicyclic amines) is 1. The topological polar surface area (TPSA) is 57.2 Å². The lowest BCUT2D eigenvalue weighted by molar-refractivity contribution is -0.130. The maximum atomic E-state index is 15.3. The fourth-order valence-corrected chi connectivity index (χ4v) is 11.9. The van der Waals surface area contributed by atoms with Crippen LogP contribution in [-0.4, -0.2) is 75.8 Å². The number of rotatable bonds is 16. The first-order valence-corrected chi connectivity index (χ1v) is 19.1. The summed E-state index contributed by atoms with van der Waals surface area (Å²) in [5.41, 5.74) is 1.55. The Hall–Kier alpha value is -0.650. The van der Waals surface area contributed by atoms with Crippen molar-refractivity contribution >= 4 is 53.0 Å². The Labute approximate surface area is 264 Å². The molecule has 230 valence electrons. The molecule has 0 saturated carbocycles. The van der Waals surface area contributed by atoms with Gasteiger partial charge >= 0.3 is 0 Å². The van der Waals surface area contributed by atoms with E-state index in [4.69, 9.17) is 18.9 Å². The predicted molar refractivity (Wildman–Crippen MR) is 178 cm³/mol. The summed E-state index contributed by atoms with van der Waals surface area (Å²) < 4.78 is 23.3. The number of thioether (sulfide) groups is 4. The Kier molecular flexibility index (Phi) is 12.1. The number of nitrogens with zero attached hydrogens (tertiary/aromatic N) is 1. The lowest BCUT2D eigenvalue weighted by Crippen LogP contribution is -2.51. The van der Waals surface area contributed by atoms with Crippen LogP contribution in [0.3, 0.4) is 0 Å².